The summed E-state index contributed by atoms with van der Waals surface area (Å²) >= 11 is 5.80. The van der Waals surface area contributed by atoms with Gasteiger partial charge in [0, 0.05) is 25.5 Å². The number of likely N-dealkylation sites (N-methyl/N-ethyl adjacent to an activating group) is 1. The second-order valence-electron chi connectivity index (χ2n) is 4.06. The monoisotopic (exact) mass is 268 g/mol. The van der Waals surface area contributed by atoms with Crippen LogP contribution >= 0.6 is 11.6 Å². The summed E-state index contributed by atoms with van der Waals surface area (Å²) in [5.74, 6) is -0.319. The van der Waals surface area contributed by atoms with Gasteiger partial charge in [-0.05, 0) is 24.6 Å². The number of nitrogens with one attached hydrogen (secondary N) is 1. The van der Waals surface area contributed by atoms with Gasteiger partial charge in [0.25, 0.3) is 0 Å². The predicted octanol–water partition coefficient (Wildman–Crippen LogP) is 1.82. The Kier molecular flexibility index (Phi) is 5.16. The van der Waals surface area contributed by atoms with E-state index in [-0.39, 0.29) is 11.8 Å². The molecule has 0 aliphatic rings. The van der Waals surface area contributed by atoms with E-state index in [1.54, 1.807) is 26.1 Å². The van der Waals surface area contributed by atoms with Gasteiger partial charge in [-0.1, -0.05) is 23.7 Å². The van der Waals surface area contributed by atoms with Gasteiger partial charge in [0.05, 0.1) is 0 Å². The van der Waals surface area contributed by atoms with Crippen LogP contribution in [0.15, 0.2) is 24.3 Å². The van der Waals surface area contributed by atoms with Crippen molar-refractivity contribution in [2.75, 3.05) is 7.05 Å². The number of nitrogens with zero attached hydrogens (tertiary/aromatic N) is 1. The molecule has 0 aliphatic carbocycles. The highest BCUT2D eigenvalue weighted by Crippen LogP contribution is 2.13. The van der Waals surface area contributed by atoms with Crippen molar-refractivity contribution in [1.29, 1.82) is 0 Å². The second kappa shape index (κ2) is 6.40. The molecule has 1 atom stereocenters. The number of carbonyl (C=O) groups is 2. The SMILES string of the molecule is CNC(=O)[C@@H](C)N(Cc1ccc(Cl)cc1)C(C)=O. The molecular formula is C13H17ClN2O2. The lowest BCUT2D eigenvalue weighted by Crippen LogP contribution is -2.45. The van der Waals surface area contributed by atoms with Crippen molar-refractivity contribution >= 4 is 23.4 Å². The Morgan fingerprint density at radius 3 is 2.33 bits per heavy atom. The quantitative estimate of drug-likeness (QED) is 0.906. The maximum Gasteiger partial charge on any atom is 0.242 e. The van der Waals surface area contributed by atoms with Crippen LogP contribution in [0.25, 0.3) is 0 Å². The van der Waals surface area contributed by atoms with Crippen molar-refractivity contribution in [2.24, 2.45) is 0 Å². The minimum atomic E-state index is -0.497. The number of benzene rings is 1. The zero-order chi connectivity index (χ0) is 13.7. The van der Waals surface area contributed by atoms with Crippen LogP contribution in [-0.2, 0) is 16.1 Å². The largest absolute Gasteiger partial charge is 0.357 e. The minimum Gasteiger partial charge on any atom is -0.357 e. The Morgan fingerprint density at radius 1 is 1.33 bits per heavy atom. The number of rotatable bonds is 4. The smallest absolute Gasteiger partial charge is 0.242 e. The summed E-state index contributed by atoms with van der Waals surface area (Å²) < 4.78 is 0. The summed E-state index contributed by atoms with van der Waals surface area (Å²) in [6, 6.07) is 6.71. The highest BCUT2D eigenvalue weighted by molar-refractivity contribution is 6.30. The summed E-state index contributed by atoms with van der Waals surface area (Å²) in [4.78, 5) is 24.7. The van der Waals surface area contributed by atoms with Crippen molar-refractivity contribution in [2.45, 2.75) is 26.4 Å². The molecule has 0 spiro atoms. The summed E-state index contributed by atoms with van der Waals surface area (Å²) in [5.41, 5.74) is 0.936. The standard InChI is InChI=1S/C13H17ClN2O2/c1-9(13(18)15-3)16(10(2)17)8-11-4-6-12(14)7-5-11/h4-7,9H,8H2,1-3H3,(H,15,18)/t9-/m1/s1. The molecule has 0 fully saturated rings. The lowest BCUT2D eigenvalue weighted by atomic mass is 10.1. The lowest BCUT2D eigenvalue weighted by molar-refractivity contribution is -0.138. The van der Waals surface area contributed by atoms with Crippen molar-refractivity contribution in [3.05, 3.63) is 34.9 Å². The fraction of sp³-hybridized carbons (Fsp3) is 0.385. The third-order valence-electron chi connectivity index (χ3n) is 2.76. The molecule has 1 aromatic rings. The normalized spacial score (nSPS) is 11.8. The van der Waals surface area contributed by atoms with Gasteiger partial charge in [-0.15, -0.1) is 0 Å². The van der Waals surface area contributed by atoms with E-state index in [0.717, 1.165) is 5.56 Å². The van der Waals surface area contributed by atoms with Crippen molar-refractivity contribution < 1.29 is 9.59 Å². The van der Waals surface area contributed by atoms with Gasteiger partial charge in [0.1, 0.15) is 6.04 Å². The zero-order valence-corrected chi connectivity index (χ0v) is 11.5. The summed E-state index contributed by atoms with van der Waals surface area (Å²) in [6.07, 6.45) is 0. The van der Waals surface area contributed by atoms with E-state index in [0.29, 0.717) is 11.6 Å². The fourth-order valence-electron chi connectivity index (χ4n) is 1.66. The first-order chi connectivity index (χ1) is 8.45. The van der Waals surface area contributed by atoms with Gasteiger partial charge >= 0.3 is 0 Å². The molecule has 0 aliphatic heterocycles. The molecule has 1 rings (SSSR count). The van der Waals surface area contributed by atoms with Crippen LogP contribution in [0.1, 0.15) is 19.4 Å². The van der Waals surface area contributed by atoms with E-state index in [1.165, 1.54) is 11.8 Å². The van der Waals surface area contributed by atoms with Crippen LogP contribution < -0.4 is 5.32 Å². The maximum absolute atomic E-state index is 11.6. The van der Waals surface area contributed by atoms with Gasteiger partial charge in [0.2, 0.25) is 11.8 Å². The molecule has 1 aromatic carbocycles. The zero-order valence-electron chi connectivity index (χ0n) is 10.7. The molecule has 0 bridgehead atoms. The Hall–Kier alpha value is -1.55. The summed E-state index contributed by atoms with van der Waals surface area (Å²) in [7, 11) is 1.55. The van der Waals surface area contributed by atoms with Crippen LogP contribution in [0.3, 0.4) is 0 Å². The third-order valence-corrected chi connectivity index (χ3v) is 3.02. The van der Waals surface area contributed by atoms with Gasteiger partial charge in [0.15, 0.2) is 0 Å². The lowest BCUT2D eigenvalue weighted by Gasteiger charge is -2.27. The van der Waals surface area contributed by atoms with E-state index in [9.17, 15) is 9.59 Å². The van der Waals surface area contributed by atoms with Gasteiger partial charge in [-0.25, -0.2) is 0 Å². The predicted molar refractivity (Wildman–Crippen MR) is 71.2 cm³/mol. The molecule has 18 heavy (non-hydrogen) atoms. The van der Waals surface area contributed by atoms with Gasteiger partial charge in [-0.2, -0.15) is 0 Å². The van der Waals surface area contributed by atoms with Crippen LogP contribution in [0, 0.1) is 0 Å². The molecule has 0 saturated heterocycles. The van der Waals surface area contributed by atoms with E-state index in [2.05, 4.69) is 5.32 Å². The summed E-state index contributed by atoms with van der Waals surface area (Å²) in [5, 5.41) is 3.19. The Morgan fingerprint density at radius 2 is 1.89 bits per heavy atom. The molecule has 4 nitrogen and oxygen atoms in total. The van der Waals surface area contributed by atoms with E-state index >= 15 is 0 Å². The average molecular weight is 269 g/mol. The van der Waals surface area contributed by atoms with E-state index in [4.69, 9.17) is 11.6 Å². The first-order valence-corrected chi connectivity index (χ1v) is 6.06. The Labute approximate surface area is 112 Å². The Bertz CT molecular complexity index is 431. The highest BCUT2D eigenvalue weighted by atomic mass is 35.5. The van der Waals surface area contributed by atoms with Crippen LogP contribution in [0.2, 0.25) is 5.02 Å². The molecule has 0 aromatic heterocycles. The minimum absolute atomic E-state index is 0.138. The number of hydrogen-bond acceptors (Lipinski definition) is 2. The molecule has 5 heteroatoms. The summed E-state index contributed by atoms with van der Waals surface area (Å²) in [6.45, 7) is 3.55. The third kappa shape index (κ3) is 3.74. The fourth-order valence-corrected chi connectivity index (χ4v) is 1.78. The average Bonchev–Trinajstić information content (AvgIpc) is 2.36. The van der Waals surface area contributed by atoms with E-state index < -0.39 is 6.04 Å². The highest BCUT2D eigenvalue weighted by Gasteiger charge is 2.22. The molecule has 0 heterocycles. The Balaban J connectivity index is 2.84. The van der Waals surface area contributed by atoms with Crippen LogP contribution in [0.5, 0.6) is 0 Å². The van der Waals surface area contributed by atoms with E-state index in [1.807, 2.05) is 12.1 Å². The molecule has 98 valence electrons. The molecule has 0 unspecified atom stereocenters. The topological polar surface area (TPSA) is 49.4 Å². The van der Waals surface area contributed by atoms with Crippen molar-refractivity contribution in [3.8, 4) is 0 Å². The van der Waals surface area contributed by atoms with Crippen LogP contribution in [-0.4, -0.2) is 29.8 Å². The van der Waals surface area contributed by atoms with Gasteiger partial charge in [-0.3, -0.25) is 9.59 Å². The first kappa shape index (κ1) is 14.5. The van der Waals surface area contributed by atoms with Crippen molar-refractivity contribution in [3.63, 3.8) is 0 Å². The number of carbonyl (C=O) groups excluding carboxylic acids is 2. The van der Waals surface area contributed by atoms with Crippen molar-refractivity contribution in [1.82, 2.24) is 10.2 Å². The maximum atomic E-state index is 11.6. The molecule has 0 saturated carbocycles. The molecular weight excluding hydrogens is 252 g/mol. The second-order valence-corrected chi connectivity index (χ2v) is 4.50. The molecule has 0 radical (unpaired) electrons. The number of amides is 2. The number of halogens is 1. The van der Waals surface area contributed by atoms with Crippen LogP contribution in [0.4, 0.5) is 0 Å². The first-order valence-electron chi connectivity index (χ1n) is 5.69. The number of hydrogen-bond donors (Lipinski definition) is 1. The molecule has 2 amide bonds. The molecule has 1 N–H and O–H groups in total. The van der Waals surface area contributed by atoms with Gasteiger partial charge < -0.3 is 10.2 Å².